The fourth-order valence-corrected chi connectivity index (χ4v) is 1.95. The van der Waals surface area contributed by atoms with Crippen molar-refractivity contribution in [2.24, 2.45) is 0 Å². The SMILES string of the molecule is O=C1C=C(NCC2CCCCO2)CC1. The largest absolute Gasteiger partial charge is 0.386 e. The van der Waals surface area contributed by atoms with Crippen molar-refractivity contribution in [2.75, 3.05) is 13.2 Å². The maximum atomic E-state index is 11.0. The van der Waals surface area contributed by atoms with Gasteiger partial charge in [-0.05, 0) is 25.7 Å². The Kier molecular flexibility index (Phi) is 3.19. The normalized spacial score (nSPS) is 27.6. The zero-order chi connectivity index (χ0) is 9.80. The Morgan fingerprint density at radius 1 is 1.43 bits per heavy atom. The van der Waals surface area contributed by atoms with Gasteiger partial charge in [-0.3, -0.25) is 4.79 Å². The van der Waals surface area contributed by atoms with E-state index in [2.05, 4.69) is 5.32 Å². The molecule has 0 bridgehead atoms. The van der Waals surface area contributed by atoms with Gasteiger partial charge in [-0.2, -0.15) is 0 Å². The Labute approximate surface area is 84.5 Å². The third-order valence-electron chi connectivity index (χ3n) is 2.81. The fraction of sp³-hybridized carbons (Fsp3) is 0.727. The van der Waals surface area contributed by atoms with Crippen LogP contribution in [0.2, 0.25) is 0 Å². The molecule has 1 atom stereocenters. The van der Waals surface area contributed by atoms with Crippen molar-refractivity contribution in [1.82, 2.24) is 5.32 Å². The van der Waals surface area contributed by atoms with Gasteiger partial charge in [0.05, 0.1) is 6.10 Å². The van der Waals surface area contributed by atoms with Crippen LogP contribution in [-0.2, 0) is 9.53 Å². The van der Waals surface area contributed by atoms with Gasteiger partial charge in [0.2, 0.25) is 0 Å². The molecule has 1 saturated heterocycles. The highest BCUT2D eigenvalue weighted by Gasteiger charge is 2.16. The van der Waals surface area contributed by atoms with Crippen molar-refractivity contribution in [1.29, 1.82) is 0 Å². The van der Waals surface area contributed by atoms with E-state index < -0.39 is 0 Å². The number of nitrogens with one attached hydrogen (secondary N) is 1. The molecule has 0 amide bonds. The predicted molar refractivity (Wildman–Crippen MR) is 53.9 cm³/mol. The second-order valence-electron chi connectivity index (χ2n) is 4.01. The van der Waals surface area contributed by atoms with Crippen LogP contribution in [-0.4, -0.2) is 25.0 Å². The fourth-order valence-electron chi connectivity index (χ4n) is 1.95. The maximum Gasteiger partial charge on any atom is 0.157 e. The minimum atomic E-state index is 0.247. The molecule has 2 aliphatic rings. The number of carbonyl (C=O) groups is 1. The van der Waals surface area contributed by atoms with Gasteiger partial charge >= 0.3 is 0 Å². The number of ether oxygens (including phenoxy) is 1. The number of allylic oxidation sites excluding steroid dienone is 2. The molecule has 1 heterocycles. The number of hydrogen-bond donors (Lipinski definition) is 1. The molecule has 0 spiro atoms. The summed E-state index contributed by atoms with van der Waals surface area (Å²) in [5.74, 6) is 0.247. The lowest BCUT2D eigenvalue weighted by atomic mass is 10.1. The van der Waals surface area contributed by atoms with E-state index in [0.717, 1.165) is 31.7 Å². The first kappa shape index (κ1) is 9.71. The molecule has 2 rings (SSSR count). The van der Waals surface area contributed by atoms with Crippen LogP contribution >= 0.6 is 0 Å². The summed E-state index contributed by atoms with van der Waals surface area (Å²) in [5, 5.41) is 3.30. The van der Waals surface area contributed by atoms with Crippen molar-refractivity contribution in [3.05, 3.63) is 11.8 Å². The molecule has 78 valence electrons. The van der Waals surface area contributed by atoms with Crippen LogP contribution in [0, 0.1) is 0 Å². The van der Waals surface area contributed by atoms with Crippen molar-refractivity contribution < 1.29 is 9.53 Å². The highest BCUT2D eigenvalue weighted by atomic mass is 16.5. The lowest BCUT2D eigenvalue weighted by Crippen LogP contribution is -2.31. The quantitative estimate of drug-likeness (QED) is 0.739. The van der Waals surface area contributed by atoms with Crippen LogP contribution < -0.4 is 5.32 Å². The molecule has 1 N–H and O–H groups in total. The van der Waals surface area contributed by atoms with Crippen molar-refractivity contribution in [2.45, 2.75) is 38.2 Å². The summed E-state index contributed by atoms with van der Waals surface area (Å²) in [5.41, 5.74) is 1.09. The van der Waals surface area contributed by atoms with Crippen molar-refractivity contribution in [3.63, 3.8) is 0 Å². The Bertz CT molecular complexity index is 242. The molecule has 0 aromatic rings. The zero-order valence-corrected chi connectivity index (χ0v) is 8.42. The summed E-state index contributed by atoms with van der Waals surface area (Å²) >= 11 is 0. The van der Waals surface area contributed by atoms with Crippen LogP contribution in [0.15, 0.2) is 11.8 Å². The molecular formula is C11H17NO2. The Balaban J connectivity index is 1.71. The zero-order valence-electron chi connectivity index (χ0n) is 8.42. The van der Waals surface area contributed by atoms with Gasteiger partial charge in [-0.25, -0.2) is 0 Å². The van der Waals surface area contributed by atoms with E-state index in [9.17, 15) is 4.79 Å². The van der Waals surface area contributed by atoms with Gasteiger partial charge in [-0.15, -0.1) is 0 Å². The van der Waals surface area contributed by atoms with E-state index in [1.54, 1.807) is 6.08 Å². The molecule has 0 radical (unpaired) electrons. The topological polar surface area (TPSA) is 38.3 Å². The molecule has 1 fully saturated rings. The third kappa shape index (κ3) is 2.58. The second-order valence-corrected chi connectivity index (χ2v) is 4.01. The summed E-state index contributed by atoms with van der Waals surface area (Å²) < 4.78 is 5.59. The summed E-state index contributed by atoms with van der Waals surface area (Å²) in [6.07, 6.45) is 7.23. The average Bonchev–Trinajstić information content (AvgIpc) is 2.63. The summed E-state index contributed by atoms with van der Waals surface area (Å²) in [7, 11) is 0. The molecule has 3 nitrogen and oxygen atoms in total. The van der Waals surface area contributed by atoms with Crippen LogP contribution in [0.1, 0.15) is 32.1 Å². The molecule has 1 aliphatic heterocycles. The van der Waals surface area contributed by atoms with Crippen LogP contribution in [0.3, 0.4) is 0 Å². The number of ketones is 1. The lowest BCUT2D eigenvalue weighted by Gasteiger charge is -2.23. The number of rotatable bonds is 3. The van der Waals surface area contributed by atoms with Gasteiger partial charge in [0, 0.05) is 31.3 Å². The molecule has 1 aliphatic carbocycles. The standard InChI is InChI=1S/C11H17NO2/c13-10-5-4-9(7-10)12-8-11-3-1-2-6-14-11/h7,11-12H,1-6,8H2. The number of hydrogen-bond acceptors (Lipinski definition) is 3. The molecule has 0 saturated carbocycles. The summed E-state index contributed by atoms with van der Waals surface area (Å²) in [6.45, 7) is 1.75. The average molecular weight is 195 g/mol. The van der Waals surface area contributed by atoms with Gasteiger partial charge < -0.3 is 10.1 Å². The van der Waals surface area contributed by atoms with Crippen LogP contribution in [0.4, 0.5) is 0 Å². The predicted octanol–water partition coefficient (Wildman–Crippen LogP) is 1.39. The minimum absolute atomic E-state index is 0.247. The Morgan fingerprint density at radius 2 is 2.36 bits per heavy atom. The van der Waals surface area contributed by atoms with E-state index in [4.69, 9.17) is 4.74 Å². The van der Waals surface area contributed by atoms with E-state index in [1.165, 1.54) is 12.8 Å². The number of carbonyl (C=O) groups excluding carboxylic acids is 1. The Morgan fingerprint density at radius 3 is 3.00 bits per heavy atom. The monoisotopic (exact) mass is 195 g/mol. The van der Waals surface area contributed by atoms with Gasteiger partial charge in [0.1, 0.15) is 0 Å². The molecule has 3 heteroatoms. The minimum Gasteiger partial charge on any atom is -0.386 e. The first-order valence-corrected chi connectivity index (χ1v) is 5.43. The highest BCUT2D eigenvalue weighted by molar-refractivity contribution is 5.92. The molecule has 1 unspecified atom stereocenters. The van der Waals surface area contributed by atoms with Gasteiger partial charge in [-0.1, -0.05) is 0 Å². The van der Waals surface area contributed by atoms with E-state index in [0.29, 0.717) is 12.5 Å². The van der Waals surface area contributed by atoms with Gasteiger partial charge in [0.15, 0.2) is 5.78 Å². The molecule has 0 aromatic carbocycles. The summed E-state index contributed by atoms with van der Waals surface area (Å²) in [4.78, 5) is 11.0. The molecule has 0 aromatic heterocycles. The van der Waals surface area contributed by atoms with Crippen LogP contribution in [0.5, 0.6) is 0 Å². The van der Waals surface area contributed by atoms with Crippen molar-refractivity contribution in [3.8, 4) is 0 Å². The second kappa shape index (κ2) is 4.60. The maximum absolute atomic E-state index is 11.0. The van der Waals surface area contributed by atoms with E-state index in [-0.39, 0.29) is 5.78 Å². The third-order valence-corrected chi connectivity index (χ3v) is 2.81. The highest BCUT2D eigenvalue weighted by Crippen LogP contribution is 2.15. The van der Waals surface area contributed by atoms with Crippen molar-refractivity contribution >= 4 is 5.78 Å². The van der Waals surface area contributed by atoms with Gasteiger partial charge in [0.25, 0.3) is 0 Å². The molecular weight excluding hydrogens is 178 g/mol. The van der Waals surface area contributed by atoms with E-state index in [1.807, 2.05) is 0 Å². The van der Waals surface area contributed by atoms with Crippen LogP contribution in [0.25, 0.3) is 0 Å². The smallest absolute Gasteiger partial charge is 0.157 e. The lowest BCUT2D eigenvalue weighted by molar-refractivity contribution is -0.114. The summed E-state index contributed by atoms with van der Waals surface area (Å²) in [6, 6.07) is 0. The first-order valence-electron chi connectivity index (χ1n) is 5.43. The Hall–Kier alpha value is -0.830. The molecule has 14 heavy (non-hydrogen) atoms. The van der Waals surface area contributed by atoms with E-state index >= 15 is 0 Å². The first-order chi connectivity index (χ1) is 6.84.